The van der Waals surface area contributed by atoms with E-state index in [-0.39, 0.29) is 5.75 Å². The molecule has 0 unspecified atom stereocenters. The van der Waals surface area contributed by atoms with Crippen molar-refractivity contribution in [2.75, 3.05) is 6.61 Å². The van der Waals surface area contributed by atoms with Gasteiger partial charge in [-0.2, -0.15) is 8.78 Å². The molecule has 0 radical (unpaired) electrons. The molecule has 0 bridgehead atoms. The van der Waals surface area contributed by atoms with Gasteiger partial charge in [-0.25, -0.2) is 0 Å². The van der Waals surface area contributed by atoms with Gasteiger partial charge in [0.1, 0.15) is 16.0 Å². The minimum atomic E-state index is -2.86. The lowest BCUT2D eigenvalue weighted by Gasteiger charge is -2.11. The summed E-state index contributed by atoms with van der Waals surface area (Å²) in [5.74, 6) is 0.505. The quantitative estimate of drug-likeness (QED) is 0.813. The summed E-state index contributed by atoms with van der Waals surface area (Å²) in [6.45, 7) is -0.602. The Hall–Kier alpha value is -0.360. The third-order valence-electron chi connectivity index (χ3n) is 1.49. The molecule has 0 aromatic heterocycles. The molecule has 0 atom stereocenters. The maximum Gasteiger partial charge on any atom is 0.387 e. The Morgan fingerprint density at radius 3 is 2.40 bits per heavy atom. The normalized spacial score (nSPS) is 10.5. The number of benzene rings is 1. The van der Waals surface area contributed by atoms with Crippen LogP contribution < -0.4 is 9.47 Å². The third-order valence-corrected chi connectivity index (χ3v) is 2.73. The number of alkyl halides is 2. The van der Waals surface area contributed by atoms with Crippen LogP contribution in [0.4, 0.5) is 8.78 Å². The second-order valence-corrected chi connectivity index (χ2v) is 4.24. The molecule has 0 saturated heterocycles. The Balaban J connectivity index is 3.04. The van der Waals surface area contributed by atoms with Gasteiger partial charge >= 0.3 is 6.61 Å². The Morgan fingerprint density at radius 2 is 1.87 bits per heavy atom. The monoisotopic (exact) mass is 344 g/mol. The van der Waals surface area contributed by atoms with E-state index in [1.165, 1.54) is 6.07 Å². The third kappa shape index (κ3) is 3.61. The van der Waals surface area contributed by atoms with Crippen molar-refractivity contribution in [1.82, 2.24) is 0 Å². The average Bonchev–Trinajstić information content (AvgIpc) is 2.12. The zero-order valence-electron chi connectivity index (χ0n) is 7.77. The Bertz CT molecular complexity index is 345. The fourth-order valence-electron chi connectivity index (χ4n) is 0.983. The second-order valence-electron chi connectivity index (χ2n) is 2.53. The van der Waals surface area contributed by atoms with E-state index in [0.717, 1.165) is 0 Å². The molecule has 0 amide bonds. The SMILES string of the molecule is CCOc1cc(Br)cc(OC(F)F)c1Br. The van der Waals surface area contributed by atoms with Gasteiger partial charge < -0.3 is 9.47 Å². The molecule has 0 aliphatic heterocycles. The van der Waals surface area contributed by atoms with Crippen molar-refractivity contribution in [3.8, 4) is 11.5 Å². The van der Waals surface area contributed by atoms with Crippen LogP contribution >= 0.6 is 31.9 Å². The van der Waals surface area contributed by atoms with E-state index >= 15 is 0 Å². The van der Waals surface area contributed by atoms with Crippen LogP contribution in [0.15, 0.2) is 21.1 Å². The average molecular weight is 346 g/mol. The molecule has 2 nitrogen and oxygen atoms in total. The molecule has 0 spiro atoms. The molecule has 0 fully saturated rings. The van der Waals surface area contributed by atoms with E-state index < -0.39 is 6.61 Å². The highest BCUT2D eigenvalue weighted by Gasteiger charge is 2.13. The first-order valence-electron chi connectivity index (χ1n) is 4.11. The van der Waals surface area contributed by atoms with E-state index in [1.807, 2.05) is 0 Å². The highest BCUT2D eigenvalue weighted by Crippen LogP contribution is 2.38. The summed E-state index contributed by atoms with van der Waals surface area (Å²) < 4.78 is 34.7. The van der Waals surface area contributed by atoms with Gasteiger partial charge in [-0.1, -0.05) is 15.9 Å². The fourth-order valence-corrected chi connectivity index (χ4v) is 1.84. The Kier molecular flexibility index (Phi) is 4.79. The van der Waals surface area contributed by atoms with Gasteiger partial charge in [-0.3, -0.25) is 0 Å². The van der Waals surface area contributed by atoms with Gasteiger partial charge in [-0.15, -0.1) is 0 Å². The van der Waals surface area contributed by atoms with Gasteiger partial charge in [0.2, 0.25) is 0 Å². The highest BCUT2D eigenvalue weighted by molar-refractivity contribution is 9.11. The lowest BCUT2D eigenvalue weighted by Crippen LogP contribution is -2.03. The van der Waals surface area contributed by atoms with Gasteiger partial charge in [0.25, 0.3) is 0 Å². The molecule has 15 heavy (non-hydrogen) atoms. The molecular weight excluding hydrogens is 338 g/mol. The number of hydrogen-bond acceptors (Lipinski definition) is 2. The minimum Gasteiger partial charge on any atom is -0.493 e. The predicted molar refractivity (Wildman–Crippen MR) is 59.6 cm³/mol. The van der Waals surface area contributed by atoms with Crippen LogP contribution in [0.3, 0.4) is 0 Å². The molecule has 6 heteroatoms. The standard InChI is InChI=1S/C9H8Br2F2O2/c1-2-14-6-3-5(10)4-7(8(6)11)15-9(12)13/h3-4,9H,2H2,1H3. The molecule has 0 N–H and O–H groups in total. The number of rotatable bonds is 4. The van der Waals surface area contributed by atoms with Crippen molar-refractivity contribution in [3.05, 3.63) is 21.1 Å². The van der Waals surface area contributed by atoms with Crippen LogP contribution in [0, 0.1) is 0 Å². The van der Waals surface area contributed by atoms with Crippen molar-refractivity contribution in [1.29, 1.82) is 0 Å². The summed E-state index contributed by atoms with van der Waals surface area (Å²) in [7, 11) is 0. The zero-order chi connectivity index (χ0) is 11.4. The lowest BCUT2D eigenvalue weighted by molar-refractivity contribution is -0.0505. The number of halogens is 4. The molecule has 0 aliphatic rings. The lowest BCUT2D eigenvalue weighted by atomic mass is 10.3. The molecule has 84 valence electrons. The van der Waals surface area contributed by atoms with Crippen LogP contribution in [0.1, 0.15) is 6.92 Å². The summed E-state index contributed by atoms with van der Waals surface area (Å²) in [6, 6.07) is 3.12. The number of hydrogen-bond donors (Lipinski definition) is 0. The van der Waals surface area contributed by atoms with Crippen LogP contribution in [0.25, 0.3) is 0 Å². The van der Waals surface area contributed by atoms with Crippen molar-refractivity contribution in [2.45, 2.75) is 13.5 Å². The van der Waals surface area contributed by atoms with Gasteiger partial charge in [0, 0.05) is 4.47 Å². The second kappa shape index (κ2) is 5.65. The Labute approximate surface area is 103 Å². The predicted octanol–water partition coefficient (Wildman–Crippen LogP) is 4.21. The van der Waals surface area contributed by atoms with Crippen molar-refractivity contribution in [3.63, 3.8) is 0 Å². The minimum absolute atomic E-state index is 0.0443. The van der Waals surface area contributed by atoms with E-state index in [2.05, 4.69) is 36.6 Å². The molecule has 0 aliphatic carbocycles. The summed E-state index contributed by atoms with van der Waals surface area (Å²) in [5.41, 5.74) is 0. The van der Waals surface area contributed by atoms with Crippen LogP contribution in [-0.2, 0) is 0 Å². The van der Waals surface area contributed by atoms with Crippen molar-refractivity contribution >= 4 is 31.9 Å². The first-order chi connectivity index (χ1) is 7.04. The number of ether oxygens (including phenoxy) is 2. The summed E-state index contributed by atoms with van der Waals surface area (Å²) in [5, 5.41) is 0. The van der Waals surface area contributed by atoms with E-state index in [4.69, 9.17) is 4.74 Å². The van der Waals surface area contributed by atoms with E-state index in [1.54, 1.807) is 13.0 Å². The maximum atomic E-state index is 12.1. The van der Waals surface area contributed by atoms with Crippen LogP contribution in [-0.4, -0.2) is 13.2 Å². The maximum absolute atomic E-state index is 12.1. The zero-order valence-corrected chi connectivity index (χ0v) is 10.9. The molecule has 0 saturated carbocycles. The van der Waals surface area contributed by atoms with Crippen molar-refractivity contribution in [2.24, 2.45) is 0 Å². The van der Waals surface area contributed by atoms with Gasteiger partial charge in [0.05, 0.1) is 6.61 Å². The fraction of sp³-hybridized carbons (Fsp3) is 0.333. The molecule has 1 rings (SSSR count). The first-order valence-corrected chi connectivity index (χ1v) is 5.69. The molecule has 1 aromatic rings. The molecular formula is C9H8Br2F2O2. The molecule has 0 heterocycles. The van der Waals surface area contributed by atoms with Gasteiger partial charge in [0.15, 0.2) is 0 Å². The summed E-state index contributed by atoms with van der Waals surface area (Å²) in [6.07, 6.45) is 0. The van der Waals surface area contributed by atoms with Gasteiger partial charge in [-0.05, 0) is 35.0 Å². The highest BCUT2D eigenvalue weighted by atomic mass is 79.9. The van der Waals surface area contributed by atoms with Crippen LogP contribution in [0.2, 0.25) is 0 Å². The molecule has 1 aromatic carbocycles. The first kappa shape index (κ1) is 12.7. The van der Waals surface area contributed by atoms with E-state index in [0.29, 0.717) is 21.3 Å². The Morgan fingerprint density at radius 1 is 1.27 bits per heavy atom. The summed E-state index contributed by atoms with van der Waals surface area (Å²) in [4.78, 5) is 0. The van der Waals surface area contributed by atoms with Crippen molar-refractivity contribution < 1.29 is 18.3 Å². The topological polar surface area (TPSA) is 18.5 Å². The summed E-state index contributed by atoms with van der Waals surface area (Å²) >= 11 is 6.32. The largest absolute Gasteiger partial charge is 0.493 e. The van der Waals surface area contributed by atoms with E-state index in [9.17, 15) is 8.78 Å². The van der Waals surface area contributed by atoms with Crippen LogP contribution in [0.5, 0.6) is 11.5 Å². The smallest absolute Gasteiger partial charge is 0.387 e.